The molecule has 6 nitrogen and oxygen atoms in total. The number of rotatable bonds is 5. The van der Waals surface area contributed by atoms with Crippen molar-refractivity contribution in [3.05, 3.63) is 52.9 Å². The molecule has 1 aromatic heterocycles. The van der Waals surface area contributed by atoms with Gasteiger partial charge in [0.15, 0.2) is 11.0 Å². The lowest BCUT2D eigenvalue weighted by Crippen LogP contribution is -2.34. The molecule has 0 bridgehead atoms. The van der Waals surface area contributed by atoms with Gasteiger partial charge >= 0.3 is 6.03 Å². The zero-order valence-corrected chi connectivity index (χ0v) is 13.6. The van der Waals surface area contributed by atoms with Crippen LogP contribution in [0.3, 0.4) is 0 Å². The van der Waals surface area contributed by atoms with Gasteiger partial charge in [-0.3, -0.25) is 4.79 Å². The molecule has 7 heteroatoms. The summed E-state index contributed by atoms with van der Waals surface area (Å²) in [5, 5.41) is 8.36. The lowest BCUT2D eigenvalue weighted by atomic mass is 10.2. The first-order chi connectivity index (χ1) is 10.9. The van der Waals surface area contributed by atoms with Crippen LogP contribution in [0, 0.1) is 0 Å². The van der Waals surface area contributed by atoms with Crippen LogP contribution in [0.25, 0.3) is 0 Å². The van der Waals surface area contributed by atoms with E-state index in [1.54, 1.807) is 12.1 Å². The molecular formula is C16H18ClN3O3. The molecule has 1 heterocycles. The Bertz CT molecular complexity index is 680. The Labute approximate surface area is 139 Å². The lowest BCUT2D eigenvalue weighted by molar-refractivity contribution is 0.0923. The third-order valence-electron chi connectivity index (χ3n) is 2.88. The van der Waals surface area contributed by atoms with Gasteiger partial charge in [0.2, 0.25) is 0 Å². The van der Waals surface area contributed by atoms with Gasteiger partial charge in [-0.15, -0.1) is 0 Å². The monoisotopic (exact) mass is 335 g/mol. The van der Waals surface area contributed by atoms with Crippen molar-refractivity contribution in [2.24, 2.45) is 0 Å². The SMILES string of the molecule is CC(C)NC(=O)Nc1ccc(CNC(=O)c2ccc(Cl)o2)cc1. The number of urea groups is 1. The quantitative estimate of drug-likeness (QED) is 0.783. The third-order valence-corrected chi connectivity index (χ3v) is 3.08. The average Bonchev–Trinajstić information content (AvgIpc) is 2.92. The predicted molar refractivity (Wildman–Crippen MR) is 88.6 cm³/mol. The first-order valence-corrected chi connectivity index (χ1v) is 7.52. The Kier molecular flexibility index (Phi) is 5.65. The summed E-state index contributed by atoms with van der Waals surface area (Å²) in [5.74, 6) is -0.172. The zero-order chi connectivity index (χ0) is 16.8. The topological polar surface area (TPSA) is 83.4 Å². The van der Waals surface area contributed by atoms with Crippen LogP contribution in [0.2, 0.25) is 5.22 Å². The molecule has 0 aliphatic rings. The van der Waals surface area contributed by atoms with Crippen molar-refractivity contribution in [3.63, 3.8) is 0 Å². The van der Waals surface area contributed by atoms with Crippen LogP contribution >= 0.6 is 11.6 Å². The van der Waals surface area contributed by atoms with E-state index in [0.717, 1.165) is 5.56 Å². The summed E-state index contributed by atoms with van der Waals surface area (Å²) in [6.45, 7) is 4.12. The number of carbonyl (C=O) groups excluding carboxylic acids is 2. The molecule has 1 aromatic carbocycles. The maximum Gasteiger partial charge on any atom is 0.319 e. The number of benzene rings is 1. The molecular weight excluding hydrogens is 318 g/mol. The standard InChI is InChI=1S/C16H18ClN3O3/c1-10(2)19-16(22)20-12-5-3-11(4-6-12)9-18-15(21)13-7-8-14(17)23-13/h3-8,10H,9H2,1-2H3,(H,18,21)(H2,19,20,22). The van der Waals surface area contributed by atoms with Crippen molar-refractivity contribution in [1.82, 2.24) is 10.6 Å². The molecule has 0 radical (unpaired) electrons. The van der Waals surface area contributed by atoms with E-state index in [2.05, 4.69) is 16.0 Å². The molecule has 2 rings (SSSR count). The van der Waals surface area contributed by atoms with E-state index in [9.17, 15) is 9.59 Å². The summed E-state index contributed by atoms with van der Waals surface area (Å²) in [5.41, 5.74) is 1.57. The highest BCUT2D eigenvalue weighted by Gasteiger charge is 2.10. The number of furan rings is 1. The summed E-state index contributed by atoms with van der Waals surface area (Å²) in [6.07, 6.45) is 0. The van der Waals surface area contributed by atoms with Gasteiger partial charge in [-0.05, 0) is 55.3 Å². The third kappa shape index (κ3) is 5.34. The fourth-order valence-electron chi connectivity index (χ4n) is 1.84. The Morgan fingerprint density at radius 2 is 1.83 bits per heavy atom. The smallest absolute Gasteiger partial charge is 0.319 e. The van der Waals surface area contributed by atoms with Gasteiger partial charge < -0.3 is 20.4 Å². The van der Waals surface area contributed by atoms with Gasteiger partial charge in [0, 0.05) is 18.3 Å². The van der Waals surface area contributed by atoms with Gasteiger partial charge in [-0.1, -0.05) is 12.1 Å². The van der Waals surface area contributed by atoms with E-state index in [0.29, 0.717) is 12.2 Å². The minimum absolute atomic E-state index is 0.0691. The highest BCUT2D eigenvalue weighted by molar-refractivity contribution is 6.29. The minimum Gasteiger partial charge on any atom is -0.440 e. The molecule has 3 N–H and O–H groups in total. The van der Waals surface area contributed by atoms with Crippen molar-refractivity contribution in [2.75, 3.05) is 5.32 Å². The number of hydrogen-bond donors (Lipinski definition) is 3. The van der Waals surface area contributed by atoms with Crippen LogP contribution in [0.1, 0.15) is 30.0 Å². The Hall–Kier alpha value is -2.47. The molecule has 0 atom stereocenters. The van der Waals surface area contributed by atoms with E-state index in [1.165, 1.54) is 12.1 Å². The maximum absolute atomic E-state index is 11.8. The van der Waals surface area contributed by atoms with E-state index in [4.69, 9.17) is 16.0 Å². The molecule has 0 aliphatic carbocycles. The maximum atomic E-state index is 11.8. The van der Waals surface area contributed by atoms with Crippen molar-refractivity contribution in [1.29, 1.82) is 0 Å². The largest absolute Gasteiger partial charge is 0.440 e. The highest BCUT2D eigenvalue weighted by Crippen LogP contribution is 2.13. The molecule has 0 unspecified atom stereocenters. The Balaban J connectivity index is 1.85. The number of halogens is 1. The summed E-state index contributed by atoms with van der Waals surface area (Å²) in [6, 6.07) is 10.0. The minimum atomic E-state index is -0.338. The second-order valence-electron chi connectivity index (χ2n) is 5.24. The highest BCUT2D eigenvalue weighted by atomic mass is 35.5. The van der Waals surface area contributed by atoms with Crippen molar-refractivity contribution < 1.29 is 14.0 Å². The van der Waals surface area contributed by atoms with Gasteiger partial charge in [0.05, 0.1) is 0 Å². The van der Waals surface area contributed by atoms with Crippen LogP contribution in [-0.4, -0.2) is 18.0 Å². The number of hydrogen-bond acceptors (Lipinski definition) is 3. The summed E-state index contributed by atoms with van der Waals surface area (Å²) in [7, 11) is 0. The van der Waals surface area contributed by atoms with Crippen LogP contribution in [0.15, 0.2) is 40.8 Å². The molecule has 0 saturated carbocycles. The van der Waals surface area contributed by atoms with E-state index >= 15 is 0 Å². The molecule has 2 aromatic rings. The van der Waals surface area contributed by atoms with E-state index < -0.39 is 0 Å². The average molecular weight is 336 g/mol. The first-order valence-electron chi connectivity index (χ1n) is 7.14. The predicted octanol–water partition coefficient (Wildman–Crippen LogP) is 3.39. The second kappa shape index (κ2) is 7.69. The molecule has 122 valence electrons. The number of carbonyl (C=O) groups is 2. The van der Waals surface area contributed by atoms with Gasteiger partial charge in [-0.25, -0.2) is 4.79 Å². The van der Waals surface area contributed by atoms with Crippen LogP contribution in [-0.2, 0) is 6.54 Å². The van der Waals surface area contributed by atoms with Crippen molar-refractivity contribution in [2.45, 2.75) is 26.4 Å². The van der Waals surface area contributed by atoms with Crippen LogP contribution < -0.4 is 16.0 Å². The van der Waals surface area contributed by atoms with Crippen molar-refractivity contribution in [3.8, 4) is 0 Å². The second-order valence-corrected chi connectivity index (χ2v) is 5.61. The van der Waals surface area contributed by atoms with E-state index in [-0.39, 0.29) is 29.0 Å². The summed E-state index contributed by atoms with van der Waals surface area (Å²) < 4.78 is 5.03. The normalized spacial score (nSPS) is 10.4. The molecule has 0 saturated heterocycles. The fraction of sp³-hybridized carbons (Fsp3) is 0.250. The van der Waals surface area contributed by atoms with Crippen LogP contribution in [0.5, 0.6) is 0 Å². The Morgan fingerprint density at radius 3 is 2.39 bits per heavy atom. The zero-order valence-electron chi connectivity index (χ0n) is 12.9. The fourth-order valence-corrected chi connectivity index (χ4v) is 1.99. The molecule has 0 fully saturated rings. The molecule has 3 amide bonds. The number of anilines is 1. The van der Waals surface area contributed by atoms with Crippen LogP contribution in [0.4, 0.5) is 10.5 Å². The van der Waals surface area contributed by atoms with E-state index in [1.807, 2.05) is 26.0 Å². The molecule has 23 heavy (non-hydrogen) atoms. The summed E-state index contributed by atoms with van der Waals surface area (Å²) in [4.78, 5) is 23.4. The number of nitrogens with one attached hydrogen (secondary N) is 3. The van der Waals surface area contributed by atoms with Crippen molar-refractivity contribution >= 4 is 29.2 Å². The van der Waals surface area contributed by atoms with Gasteiger partial charge in [0.25, 0.3) is 5.91 Å². The first kappa shape index (κ1) is 16.9. The molecule has 0 aliphatic heterocycles. The number of amides is 3. The Morgan fingerprint density at radius 1 is 1.13 bits per heavy atom. The van der Waals surface area contributed by atoms with Gasteiger partial charge in [-0.2, -0.15) is 0 Å². The lowest BCUT2D eigenvalue weighted by Gasteiger charge is -2.10. The molecule has 0 spiro atoms. The van der Waals surface area contributed by atoms with Gasteiger partial charge in [0.1, 0.15) is 0 Å². The summed E-state index contributed by atoms with van der Waals surface area (Å²) >= 11 is 5.63.